The fraction of sp³-hybridized carbons (Fsp3) is 0.409. The summed E-state index contributed by atoms with van der Waals surface area (Å²) in [5.41, 5.74) is 4.72. The highest BCUT2D eigenvalue weighted by molar-refractivity contribution is 7.99. The smallest absolute Gasteiger partial charge is 0.252 e. The number of hydrogen-bond acceptors (Lipinski definition) is 5. The van der Waals surface area contributed by atoms with Gasteiger partial charge in [0.25, 0.3) is 5.91 Å². The first kappa shape index (κ1) is 19.7. The lowest BCUT2D eigenvalue weighted by molar-refractivity contribution is 0.0924. The molecule has 2 aliphatic heterocycles. The maximum Gasteiger partial charge on any atom is 0.252 e. The summed E-state index contributed by atoms with van der Waals surface area (Å²) in [5, 5.41) is 6.68. The quantitative estimate of drug-likeness (QED) is 0.723. The van der Waals surface area contributed by atoms with Crippen LogP contribution in [0.4, 0.5) is 5.69 Å². The highest BCUT2D eigenvalue weighted by atomic mass is 32.2. The number of carbonyl (C=O) groups is 1. The molecule has 1 atom stereocenters. The molecular weight excluding hydrogens is 386 g/mol. The van der Waals surface area contributed by atoms with Crippen molar-refractivity contribution in [1.82, 2.24) is 10.2 Å². The van der Waals surface area contributed by atoms with E-state index < -0.39 is 0 Å². The van der Waals surface area contributed by atoms with E-state index in [9.17, 15) is 4.79 Å². The van der Waals surface area contributed by atoms with Crippen molar-refractivity contribution in [3.05, 3.63) is 53.1 Å². The summed E-state index contributed by atoms with van der Waals surface area (Å²) in [5.74, 6) is 1.04. The second-order valence-corrected chi connectivity index (χ2v) is 9.21. The number of likely N-dealkylation sites (N-methyl/N-ethyl adjacent to an activating group) is 1. The first-order valence-corrected chi connectivity index (χ1v) is 12.1. The van der Waals surface area contributed by atoms with Crippen LogP contribution in [0.15, 0.2) is 46.2 Å². The zero-order chi connectivity index (χ0) is 19.5. The largest absolute Gasteiger partial charge is 0.383 e. The van der Waals surface area contributed by atoms with Crippen LogP contribution in [0.25, 0.3) is 0 Å². The van der Waals surface area contributed by atoms with Crippen molar-refractivity contribution in [2.45, 2.75) is 35.7 Å². The van der Waals surface area contributed by atoms with Gasteiger partial charge in [-0.05, 0) is 42.5 Å². The molecule has 0 spiro atoms. The average molecular weight is 414 g/mol. The fourth-order valence-electron chi connectivity index (χ4n) is 4.03. The second kappa shape index (κ2) is 8.80. The van der Waals surface area contributed by atoms with E-state index in [0.29, 0.717) is 12.6 Å². The molecule has 0 bridgehead atoms. The molecule has 0 aliphatic carbocycles. The number of nitrogens with one attached hydrogen (secondary N) is 2. The van der Waals surface area contributed by atoms with E-state index in [1.807, 2.05) is 6.07 Å². The topological polar surface area (TPSA) is 44.4 Å². The Morgan fingerprint density at radius 2 is 2.14 bits per heavy atom. The van der Waals surface area contributed by atoms with Crippen LogP contribution in [0.1, 0.15) is 28.4 Å². The van der Waals surface area contributed by atoms with Gasteiger partial charge in [-0.1, -0.05) is 31.2 Å². The zero-order valence-electron chi connectivity index (χ0n) is 16.5. The molecule has 0 saturated carbocycles. The number of benzene rings is 2. The first-order valence-electron chi connectivity index (χ1n) is 9.87. The molecule has 2 aromatic carbocycles. The lowest BCUT2D eigenvalue weighted by Gasteiger charge is -2.36. The minimum absolute atomic E-state index is 0.0401. The second-order valence-electron chi connectivity index (χ2n) is 7.23. The Morgan fingerprint density at radius 1 is 1.32 bits per heavy atom. The van der Waals surface area contributed by atoms with Gasteiger partial charge < -0.3 is 10.6 Å². The number of amides is 1. The number of rotatable bonds is 5. The molecule has 0 aromatic heterocycles. The van der Waals surface area contributed by atoms with E-state index in [1.165, 1.54) is 11.1 Å². The van der Waals surface area contributed by atoms with Crippen molar-refractivity contribution in [2.24, 2.45) is 0 Å². The Balaban J connectivity index is 1.50. The molecule has 4 nitrogen and oxygen atoms in total. The van der Waals surface area contributed by atoms with Crippen molar-refractivity contribution >= 4 is 35.1 Å². The monoisotopic (exact) mass is 413 g/mol. The molecular formula is C22H27N3OS2. The highest BCUT2D eigenvalue weighted by Gasteiger charge is 2.26. The van der Waals surface area contributed by atoms with Crippen molar-refractivity contribution in [2.75, 3.05) is 37.0 Å². The first-order chi connectivity index (χ1) is 13.7. The molecule has 0 radical (unpaired) electrons. The van der Waals surface area contributed by atoms with Crippen LogP contribution in [0.3, 0.4) is 0 Å². The normalized spacial score (nSPS) is 18.7. The summed E-state index contributed by atoms with van der Waals surface area (Å²) < 4.78 is 0. The third-order valence-electron chi connectivity index (χ3n) is 5.57. The third kappa shape index (κ3) is 4.04. The summed E-state index contributed by atoms with van der Waals surface area (Å²) in [6.45, 7) is 5.78. The van der Waals surface area contributed by atoms with Crippen LogP contribution in [-0.2, 0) is 13.0 Å². The van der Waals surface area contributed by atoms with Crippen LogP contribution in [0, 0.1) is 0 Å². The van der Waals surface area contributed by atoms with Crippen molar-refractivity contribution < 1.29 is 4.79 Å². The van der Waals surface area contributed by atoms with Crippen LogP contribution in [0.2, 0.25) is 0 Å². The number of fused-ring (bicyclic) bond motifs is 2. The van der Waals surface area contributed by atoms with E-state index in [-0.39, 0.29) is 5.91 Å². The van der Waals surface area contributed by atoms with Crippen LogP contribution in [-0.4, -0.2) is 48.5 Å². The SMILES string of the molecule is CCN1Cc2ccccc2C[C@@H]1CNC(=O)c1cc(SC)cc2c1SCCN2. The summed E-state index contributed by atoms with van der Waals surface area (Å²) in [4.78, 5) is 17.8. The Kier molecular flexibility index (Phi) is 6.19. The van der Waals surface area contributed by atoms with Gasteiger partial charge in [0.1, 0.15) is 0 Å². The fourth-order valence-corrected chi connectivity index (χ4v) is 5.51. The number of hydrogen-bond donors (Lipinski definition) is 2. The standard InChI is InChI=1S/C22H27N3OS2/c1-3-25-14-16-7-5-4-6-15(16)10-17(25)13-24-22(26)19-11-18(27-2)12-20-21(19)28-9-8-23-20/h4-7,11-12,17,23H,3,8-10,13-14H2,1-2H3,(H,24,26)/t17-/m1/s1. The van der Waals surface area contributed by atoms with Gasteiger partial charge in [-0.3, -0.25) is 9.69 Å². The molecule has 1 amide bonds. The number of carbonyl (C=O) groups excluding carboxylic acids is 1. The van der Waals surface area contributed by atoms with E-state index in [4.69, 9.17) is 0 Å². The molecule has 148 valence electrons. The van der Waals surface area contributed by atoms with Gasteiger partial charge in [-0.15, -0.1) is 23.5 Å². The number of thioether (sulfide) groups is 2. The predicted octanol–water partition coefficient (Wildman–Crippen LogP) is 4.10. The molecule has 2 heterocycles. The molecule has 4 rings (SSSR count). The van der Waals surface area contributed by atoms with Crippen LogP contribution < -0.4 is 10.6 Å². The van der Waals surface area contributed by atoms with Gasteiger partial charge >= 0.3 is 0 Å². The molecule has 28 heavy (non-hydrogen) atoms. The Bertz CT molecular complexity index is 871. The van der Waals surface area contributed by atoms with Crippen LogP contribution >= 0.6 is 23.5 Å². The van der Waals surface area contributed by atoms with E-state index in [0.717, 1.165) is 52.8 Å². The zero-order valence-corrected chi connectivity index (χ0v) is 18.1. The average Bonchev–Trinajstić information content (AvgIpc) is 2.75. The third-order valence-corrected chi connectivity index (χ3v) is 7.42. The molecule has 0 unspecified atom stereocenters. The Morgan fingerprint density at radius 3 is 2.93 bits per heavy atom. The van der Waals surface area contributed by atoms with Gasteiger partial charge in [-0.25, -0.2) is 0 Å². The van der Waals surface area contributed by atoms with E-state index in [2.05, 4.69) is 59.0 Å². The molecule has 2 N–H and O–H groups in total. The maximum absolute atomic E-state index is 13.1. The lowest BCUT2D eigenvalue weighted by Crippen LogP contribution is -2.47. The number of nitrogens with zero attached hydrogens (tertiary/aromatic N) is 1. The minimum Gasteiger partial charge on any atom is -0.383 e. The van der Waals surface area contributed by atoms with E-state index >= 15 is 0 Å². The predicted molar refractivity (Wildman–Crippen MR) is 120 cm³/mol. The Hall–Kier alpha value is -1.63. The maximum atomic E-state index is 13.1. The molecule has 6 heteroatoms. The summed E-state index contributed by atoms with van der Waals surface area (Å²) in [6.07, 6.45) is 3.04. The Labute approximate surface area is 175 Å². The molecule has 0 fully saturated rings. The lowest BCUT2D eigenvalue weighted by atomic mass is 9.94. The van der Waals surface area contributed by atoms with Crippen LogP contribution in [0.5, 0.6) is 0 Å². The van der Waals surface area contributed by atoms with Gasteiger partial charge in [0.15, 0.2) is 0 Å². The summed E-state index contributed by atoms with van der Waals surface area (Å²) >= 11 is 3.46. The van der Waals surface area contributed by atoms with Crippen molar-refractivity contribution in [1.29, 1.82) is 0 Å². The van der Waals surface area contributed by atoms with Crippen molar-refractivity contribution in [3.63, 3.8) is 0 Å². The van der Waals surface area contributed by atoms with Crippen molar-refractivity contribution in [3.8, 4) is 0 Å². The van der Waals surface area contributed by atoms with Gasteiger partial charge in [-0.2, -0.15) is 0 Å². The van der Waals surface area contributed by atoms with Gasteiger partial charge in [0.05, 0.1) is 5.56 Å². The van der Waals surface area contributed by atoms with E-state index in [1.54, 1.807) is 23.5 Å². The number of anilines is 1. The van der Waals surface area contributed by atoms with Gasteiger partial charge in [0.2, 0.25) is 0 Å². The molecule has 2 aromatic rings. The van der Waals surface area contributed by atoms with Gasteiger partial charge in [0, 0.05) is 46.9 Å². The summed E-state index contributed by atoms with van der Waals surface area (Å²) in [7, 11) is 0. The summed E-state index contributed by atoms with van der Waals surface area (Å²) in [6, 6.07) is 13.2. The molecule has 2 aliphatic rings. The highest BCUT2D eigenvalue weighted by Crippen LogP contribution is 2.37. The minimum atomic E-state index is 0.0401. The molecule has 0 saturated heterocycles.